The summed E-state index contributed by atoms with van der Waals surface area (Å²) in [5, 5.41) is 10.3. The van der Waals surface area contributed by atoms with Crippen LogP contribution in [-0.4, -0.2) is 28.9 Å². The fourth-order valence-corrected chi connectivity index (χ4v) is 1.39. The van der Waals surface area contributed by atoms with E-state index in [1.54, 1.807) is 6.92 Å². The Morgan fingerprint density at radius 1 is 1.47 bits per heavy atom. The van der Waals surface area contributed by atoms with Crippen LogP contribution in [0.1, 0.15) is 18.9 Å². The van der Waals surface area contributed by atoms with E-state index >= 15 is 0 Å². The Labute approximate surface area is 112 Å². The average Bonchev–Trinajstić information content (AvgIpc) is 2.43. The van der Waals surface area contributed by atoms with Crippen molar-refractivity contribution in [1.29, 1.82) is 0 Å². The minimum Gasteiger partial charge on any atom is -0.444 e. The van der Waals surface area contributed by atoms with Gasteiger partial charge in [0, 0.05) is 13.0 Å². The first-order chi connectivity index (χ1) is 9.13. The number of hydrogen-bond donors (Lipinski definition) is 2. The number of hydrogen-bond acceptors (Lipinski definition) is 4. The summed E-state index contributed by atoms with van der Waals surface area (Å²) in [6.45, 7) is 1.99. The number of hydrazine groups is 1. The summed E-state index contributed by atoms with van der Waals surface area (Å²) in [6.07, 6.45) is -1.11. The molecule has 0 bridgehead atoms. The monoisotopic (exact) mass is 262 g/mol. The van der Waals surface area contributed by atoms with Crippen LogP contribution in [0, 0.1) is 11.8 Å². The number of aliphatic hydroxyl groups excluding tert-OH is 1. The van der Waals surface area contributed by atoms with E-state index in [0.717, 1.165) is 10.6 Å². The van der Waals surface area contributed by atoms with Gasteiger partial charge in [-0.3, -0.25) is 0 Å². The Kier molecular flexibility index (Phi) is 6.44. The molecular weight excluding hydrogens is 244 g/mol. The third-order valence-electron chi connectivity index (χ3n) is 2.39. The Balaban J connectivity index is 2.30. The van der Waals surface area contributed by atoms with E-state index in [-0.39, 0.29) is 19.6 Å². The molecule has 1 amide bonds. The third kappa shape index (κ3) is 5.91. The van der Waals surface area contributed by atoms with Crippen LogP contribution in [0.15, 0.2) is 30.3 Å². The molecule has 1 atom stereocenters. The van der Waals surface area contributed by atoms with Crippen LogP contribution in [0.3, 0.4) is 0 Å². The molecule has 0 saturated heterocycles. The van der Waals surface area contributed by atoms with E-state index < -0.39 is 12.2 Å². The molecule has 0 radical (unpaired) electrons. The lowest BCUT2D eigenvalue weighted by molar-refractivity contribution is 0.0911. The fraction of sp³-hybridized carbons (Fsp3) is 0.357. The van der Waals surface area contributed by atoms with Gasteiger partial charge in [-0.15, -0.1) is 5.92 Å². The van der Waals surface area contributed by atoms with Crippen molar-refractivity contribution in [3.05, 3.63) is 35.9 Å². The molecule has 102 valence electrons. The van der Waals surface area contributed by atoms with Gasteiger partial charge in [0.25, 0.3) is 0 Å². The third-order valence-corrected chi connectivity index (χ3v) is 2.39. The fourth-order valence-electron chi connectivity index (χ4n) is 1.39. The van der Waals surface area contributed by atoms with Crippen molar-refractivity contribution in [2.75, 3.05) is 6.54 Å². The predicted octanol–water partition coefficient (Wildman–Crippen LogP) is 1.27. The van der Waals surface area contributed by atoms with Gasteiger partial charge in [0.05, 0.1) is 0 Å². The van der Waals surface area contributed by atoms with E-state index in [2.05, 4.69) is 11.8 Å². The van der Waals surface area contributed by atoms with Crippen LogP contribution >= 0.6 is 0 Å². The summed E-state index contributed by atoms with van der Waals surface area (Å²) >= 11 is 0. The van der Waals surface area contributed by atoms with E-state index in [1.807, 2.05) is 30.3 Å². The molecule has 5 heteroatoms. The van der Waals surface area contributed by atoms with E-state index in [4.69, 9.17) is 10.6 Å². The van der Waals surface area contributed by atoms with Crippen LogP contribution in [0.25, 0.3) is 0 Å². The van der Waals surface area contributed by atoms with Gasteiger partial charge >= 0.3 is 6.09 Å². The molecule has 0 aliphatic rings. The minimum atomic E-state index is -0.780. The summed E-state index contributed by atoms with van der Waals surface area (Å²) in [7, 11) is 0. The van der Waals surface area contributed by atoms with Crippen molar-refractivity contribution >= 4 is 6.09 Å². The largest absolute Gasteiger partial charge is 0.444 e. The summed E-state index contributed by atoms with van der Waals surface area (Å²) in [6, 6.07) is 9.33. The Morgan fingerprint density at radius 3 is 2.79 bits per heavy atom. The topological polar surface area (TPSA) is 75.8 Å². The molecule has 1 aromatic carbocycles. The van der Waals surface area contributed by atoms with Gasteiger partial charge in [-0.25, -0.2) is 15.6 Å². The maximum absolute atomic E-state index is 11.5. The molecule has 0 spiro atoms. The van der Waals surface area contributed by atoms with Crippen molar-refractivity contribution in [3.63, 3.8) is 0 Å². The van der Waals surface area contributed by atoms with Crippen molar-refractivity contribution < 1.29 is 14.6 Å². The summed E-state index contributed by atoms with van der Waals surface area (Å²) in [5.74, 6) is 10.7. The number of rotatable bonds is 5. The number of benzene rings is 1. The molecular formula is C14H18N2O3. The number of aliphatic hydroxyl groups is 1. The number of carbonyl (C=O) groups is 1. The van der Waals surface area contributed by atoms with Gasteiger partial charge in [0.2, 0.25) is 0 Å². The van der Waals surface area contributed by atoms with Crippen molar-refractivity contribution in [2.24, 2.45) is 5.84 Å². The highest BCUT2D eigenvalue weighted by atomic mass is 16.6. The molecule has 3 N–H and O–H groups in total. The number of nitrogens with zero attached hydrogens (tertiary/aromatic N) is 1. The first-order valence-corrected chi connectivity index (χ1v) is 5.96. The zero-order valence-corrected chi connectivity index (χ0v) is 10.9. The predicted molar refractivity (Wildman–Crippen MR) is 71.6 cm³/mol. The first-order valence-electron chi connectivity index (χ1n) is 5.96. The quantitative estimate of drug-likeness (QED) is 0.363. The summed E-state index contributed by atoms with van der Waals surface area (Å²) in [5.41, 5.74) is 0.890. The molecule has 0 heterocycles. The molecule has 0 saturated carbocycles. The van der Waals surface area contributed by atoms with Crippen molar-refractivity contribution in [1.82, 2.24) is 5.01 Å². The average molecular weight is 262 g/mol. The van der Waals surface area contributed by atoms with Gasteiger partial charge < -0.3 is 9.84 Å². The van der Waals surface area contributed by atoms with Crippen LogP contribution in [0.5, 0.6) is 0 Å². The maximum Gasteiger partial charge on any atom is 0.424 e. The molecule has 19 heavy (non-hydrogen) atoms. The molecule has 1 aromatic rings. The second kappa shape index (κ2) is 8.14. The van der Waals surface area contributed by atoms with E-state index in [0.29, 0.717) is 0 Å². The van der Waals surface area contributed by atoms with Crippen LogP contribution in [0.4, 0.5) is 4.79 Å². The molecule has 0 aliphatic heterocycles. The molecule has 0 unspecified atom stereocenters. The standard InChI is InChI=1S/C14H18N2O3/c1-2-6-13(17)9-10-16(15)14(18)19-11-12-7-4-3-5-8-12/h3-5,7-8,13,17H,9-11,15H2,1H3/t13-/m1/s1. The molecule has 0 aromatic heterocycles. The zero-order chi connectivity index (χ0) is 14.1. The highest BCUT2D eigenvalue weighted by Gasteiger charge is 2.12. The lowest BCUT2D eigenvalue weighted by atomic mass is 10.2. The van der Waals surface area contributed by atoms with Gasteiger partial charge in [0.1, 0.15) is 12.7 Å². The normalized spacial score (nSPS) is 11.1. The second-order valence-electron chi connectivity index (χ2n) is 3.93. The van der Waals surface area contributed by atoms with E-state index in [9.17, 15) is 9.90 Å². The van der Waals surface area contributed by atoms with Crippen LogP contribution in [0.2, 0.25) is 0 Å². The smallest absolute Gasteiger partial charge is 0.424 e. The maximum atomic E-state index is 11.5. The van der Waals surface area contributed by atoms with Crippen molar-refractivity contribution in [2.45, 2.75) is 26.1 Å². The summed E-state index contributed by atoms with van der Waals surface area (Å²) in [4.78, 5) is 11.5. The number of nitrogens with two attached hydrogens (primary N) is 1. The van der Waals surface area contributed by atoms with Crippen LogP contribution in [-0.2, 0) is 11.3 Å². The Hall–Kier alpha value is -2.03. The Morgan fingerprint density at radius 2 is 2.16 bits per heavy atom. The minimum absolute atomic E-state index is 0.171. The number of amides is 1. The Bertz CT molecular complexity index is 451. The molecule has 5 nitrogen and oxygen atoms in total. The molecule has 0 fully saturated rings. The zero-order valence-electron chi connectivity index (χ0n) is 10.9. The van der Waals surface area contributed by atoms with Gasteiger partial charge in [-0.1, -0.05) is 36.3 Å². The number of carbonyl (C=O) groups excluding carboxylic acids is 1. The van der Waals surface area contributed by atoms with Gasteiger partial charge in [-0.05, 0) is 12.5 Å². The highest BCUT2D eigenvalue weighted by molar-refractivity contribution is 5.66. The number of ether oxygens (including phenoxy) is 1. The first kappa shape index (κ1) is 15.0. The van der Waals surface area contributed by atoms with E-state index in [1.165, 1.54) is 0 Å². The lowest BCUT2D eigenvalue weighted by Gasteiger charge is -2.16. The van der Waals surface area contributed by atoms with Crippen molar-refractivity contribution in [3.8, 4) is 11.8 Å². The molecule has 0 aliphatic carbocycles. The SMILES string of the molecule is CC#C[C@@H](O)CCN(N)C(=O)OCc1ccccc1. The second-order valence-corrected chi connectivity index (χ2v) is 3.93. The highest BCUT2D eigenvalue weighted by Crippen LogP contribution is 2.02. The molecule has 1 rings (SSSR count). The summed E-state index contributed by atoms with van der Waals surface area (Å²) < 4.78 is 5.03. The lowest BCUT2D eigenvalue weighted by Crippen LogP contribution is -2.39. The van der Waals surface area contributed by atoms with Crippen LogP contribution < -0.4 is 5.84 Å². The van der Waals surface area contributed by atoms with Gasteiger partial charge in [-0.2, -0.15) is 0 Å². The van der Waals surface area contributed by atoms with Gasteiger partial charge in [0.15, 0.2) is 0 Å².